The van der Waals surface area contributed by atoms with Gasteiger partial charge in [0, 0.05) is 43.9 Å². The van der Waals surface area contributed by atoms with E-state index in [1.807, 2.05) is 32.8 Å². The van der Waals surface area contributed by atoms with E-state index in [0.717, 1.165) is 23.5 Å². The summed E-state index contributed by atoms with van der Waals surface area (Å²) in [5.41, 5.74) is 2.88. The first-order valence-corrected chi connectivity index (χ1v) is 7.59. The lowest BCUT2D eigenvalue weighted by Gasteiger charge is -2.19. The number of carbonyl (C=O) groups is 2. The lowest BCUT2D eigenvalue weighted by molar-refractivity contribution is -0.129. The standard InChI is InChI=1S/C15H25N5O2/c1-10-13(11(2)18-17-10)8-16-15(22)12-7-14(21)20(9-12)6-5-19(3)4/h12H,5-9H2,1-4H3,(H,16,22)(H,17,18)/t12-/m1/s1. The molecule has 1 aromatic heterocycles. The summed E-state index contributed by atoms with van der Waals surface area (Å²) in [5, 5.41) is 9.94. The van der Waals surface area contributed by atoms with Crippen molar-refractivity contribution in [3.05, 3.63) is 17.0 Å². The Labute approximate surface area is 131 Å². The van der Waals surface area contributed by atoms with Crippen molar-refractivity contribution in [2.75, 3.05) is 33.7 Å². The Morgan fingerprint density at radius 2 is 2.18 bits per heavy atom. The summed E-state index contributed by atoms with van der Waals surface area (Å²) >= 11 is 0. The van der Waals surface area contributed by atoms with Crippen LogP contribution in [-0.4, -0.2) is 65.5 Å². The number of nitrogens with zero attached hydrogens (tertiary/aromatic N) is 3. The molecule has 0 aromatic carbocycles. The van der Waals surface area contributed by atoms with Crippen LogP contribution in [0.2, 0.25) is 0 Å². The number of H-pyrrole nitrogens is 1. The van der Waals surface area contributed by atoms with Gasteiger partial charge in [0.15, 0.2) is 0 Å². The maximum atomic E-state index is 12.3. The zero-order chi connectivity index (χ0) is 16.3. The summed E-state index contributed by atoms with van der Waals surface area (Å²) in [5.74, 6) is -0.236. The minimum atomic E-state index is -0.248. The molecule has 0 bridgehead atoms. The van der Waals surface area contributed by atoms with E-state index >= 15 is 0 Å². The summed E-state index contributed by atoms with van der Waals surface area (Å²) in [7, 11) is 3.95. The highest BCUT2D eigenvalue weighted by molar-refractivity contribution is 5.89. The third kappa shape index (κ3) is 3.85. The van der Waals surface area contributed by atoms with Crippen molar-refractivity contribution in [2.24, 2.45) is 5.92 Å². The number of aromatic amines is 1. The van der Waals surface area contributed by atoms with Gasteiger partial charge < -0.3 is 15.1 Å². The molecule has 2 amide bonds. The van der Waals surface area contributed by atoms with E-state index in [-0.39, 0.29) is 17.7 Å². The van der Waals surface area contributed by atoms with Crippen LogP contribution in [0.1, 0.15) is 23.4 Å². The highest BCUT2D eigenvalue weighted by Crippen LogP contribution is 2.18. The zero-order valence-corrected chi connectivity index (χ0v) is 13.8. The van der Waals surface area contributed by atoms with Crippen LogP contribution in [0.3, 0.4) is 0 Å². The van der Waals surface area contributed by atoms with Gasteiger partial charge in [-0.1, -0.05) is 0 Å². The van der Waals surface area contributed by atoms with Gasteiger partial charge >= 0.3 is 0 Å². The molecule has 22 heavy (non-hydrogen) atoms. The number of amides is 2. The molecule has 1 fully saturated rings. The average Bonchev–Trinajstić information content (AvgIpc) is 2.98. The van der Waals surface area contributed by atoms with Crippen LogP contribution >= 0.6 is 0 Å². The highest BCUT2D eigenvalue weighted by Gasteiger charge is 2.33. The van der Waals surface area contributed by atoms with E-state index in [2.05, 4.69) is 15.5 Å². The van der Waals surface area contributed by atoms with Gasteiger partial charge in [0.1, 0.15) is 0 Å². The van der Waals surface area contributed by atoms with Gasteiger partial charge in [0.05, 0.1) is 11.6 Å². The summed E-state index contributed by atoms with van der Waals surface area (Å²) < 4.78 is 0. The Balaban J connectivity index is 1.85. The monoisotopic (exact) mass is 307 g/mol. The van der Waals surface area contributed by atoms with Crippen molar-refractivity contribution in [1.29, 1.82) is 0 Å². The quantitative estimate of drug-likeness (QED) is 0.778. The SMILES string of the molecule is Cc1n[nH]c(C)c1CNC(=O)[C@@H]1CC(=O)N(CCN(C)C)C1. The molecule has 2 N–H and O–H groups in total. The van der Waals surface area contributed by atoms with Crippen LogP contribution in [-0.2, 0) is 16.1 Å². The highest BCUT2D eigenvalue weighted by atomic mass is 16.2. The van der Waals surface area contributed by atoms with E-state index < -0.39 is 0 Å². The molecule has 0 saturated carbocycles. The number of hydrogen-bond acceptors (Lipinski definition) is 4. The van der Waals surface area contributed by atoms with Crippen LogP contribution in [0, 0.1) is 19.8 Å². The fourth-order valence-corrected chi connectivity index (χ4v) is 2.64. The maximum absolute atomic E-state index is 12.3. The molecule has 0 unspecified atom stereocenters. The molecule has 2 rings (SSSR count). The van der Waals surface area contributed by atoms with Gasteiger partial charge in [-0.2, -0.15) is 5.10 Å². The number of rotatable bonds is 6. The fourth-order valence-electron chi connectivity index (χ4n) is 2.64. The summed E-state index contributed by atoms with van der Waals surface area (Å²) in [6, 6.07) is 0. The van der Waals surface area contributed by atoms with E-state index in [1.165, 1.54) is 0 Å². The Morgan fingerprint density at radius 3 is 2.77 bits per heavy atom. The van der Waals surface area contributed by atoms with Gasteiger partial charge in [0.25, 0.3) is 0 Å². The van der Waals surface area contributed by atoms with E-state index in [9.17, 15) is 9.59 Å². The van der Waals surface area contributed by atoms with E-state index in [4.69, 9.17) is 0 Å². The molecule has 7 heteroatoms. The predicted octanol–water partition coefficient (Wildman–Crippen LogP) is 0.0528. The minimum Gasteiger partial charge on any atom is -0.352 e. The van der Waals surface area contributed by atoms with Crippen molar-refractivity contribution in [2.45, 2.75) is 26.8 Å². The Bertz CT molecular complexity index is 533. The first-order valence-electron chi connectivity index (χ1n) is 7.59. The second-order valence-corrected chi connectivity index (χ2v) is 6.17. The third-order valence-corrected chi connectivity index (χ3v) is 4.12. The number of aryl methyl sites for hydroxylation is 2. The smallest absolute Gasteiger partial charge is 0.225 e. The minimum absolute atomic E-state index is 0.0549. The molecule has 0 spiro atoms. The molecule has 2 heterocycles. The number of nitrogens with one attached hydrogen (secondary N) is 2. The largest absolute Gasteiger partial charge is 0.352 e. The molecule has 122 valence electrons. The number of hydrogen-bond donors (Lipinski definition) is 2. The Hall–Kier alpha value is -1.89. The number of aromatic nitrogens is 2. The molecular weight excluding hydrogens is 282 g/mol. The second kappa shape index (κ2) is 6.91. The van der Waals surface area contributed by atoms with Crippen molar-refractivity contribution in [1.82, 2.24) is 25.3 Å². The van der Waals surface area contributed by atoms with Crippen molar-refractivity contribution in [3.8, 4) is 0 Å². The number of likely N-dealkylation sites (N-methyl/N-ethyl adjacent to an activating group) is 1. The van der Waals surface area contributed by atoms with Gasteiger partial charge in [-0.25, -0.2) is 0 Å². The zero-order valence-electron chi connectivity index (χ0n) is 13.8. The summed E-state index contributed by atoms with van der Waals surface area (Å²) in [6.07, 6.45) is 0.308. The Morgan fingerprint density at radius 1 is 1.45 bits per heavy atom. The molecule has 7 nitrogen and oxygen atoms in total. The van der Waals surface area contributed by atoms with Gasteiger partial charge in [0.2, 0.25) is 11.8 Å². The molecular formula is C15H25N5O2. The lowest BCUT2D eigenvalue weighted by Crippen LogP contribution is -2.35. The molecule has 0 aliphatic carbocycles. The lowest BCUT2D eigenvalue weighted by atomic mass is 10.1. The maximum Gasteiger partial charge on any atom is 0.225 e. The summed E-state index contributed by atoms with van der Waals surface area (Å²) in [4.78, 5) is 28.0. The van der Waals surface area contributed by atoms with Crippen LogP contribution in [0.15, 0.2) is 0 Å². The van der Waals surface area contributed by atoms with Gasteiger partial charge in [-0.15, -0.1) is 0 Å². The fraction of sp³-hybridized carbons (Fsp3) is 0.667. The van der Waals surface area contributed by atoms with Gasteiger partial charge in [-0.05, 0) is 27.9 Å². The molecule has 1 atom stereocenters. The second-order valence-electron chi connectivity index (χ2n) is 6.17. The summed E-state index contributed by atoms with van der Waals surface area (Å²) in [6.45, 7) is 6.30. The molecule has 1 aliphatic heterocycles. The van der Waals surface area contributed by atoms with E-state index in [1.54, 1.807) is 4.90 Å². The Kier molecular flexibility index (Phi) is 5.18. The number of likely N-dealkylation sites (tertiary alicyclic amines) is 1. The first-order chi connectivity index (χ1) is 10.4. The van der Waals surface area contributed by atoms with Crippen LogP contribution in [0.5, 0.6) is 0 Å². The van der Waals surface area contributed by atoms with Crippen molar-refractivity contribution in [3.63, 3.8) is 0 Å². The van der Waals surface area contributed by atoms with Gasteiger partial charge in [-0.3, -0.25) is 14.7 Å². The average molecular weight is 307 g/mol. The molecule has 1 aromatic rings. The number of carbonyl (C=O) groups excluding carboxylic acids is 2. The van der Waals surface area contributed by atoms with Crippen molar-refractivity contribution < 1.29 is 9.59 Å². The van der Waals surface area contributed by atoms with Crippen LogP contribution in [0.4, 0.5) is 0 Å². The molecule has 1 saturated heterocycles. The molecule has 1 aliphatic rings. The molecule has 0 radical (unpaired) electrons. The van der Waals surface area contributed by atoms with Crippen molar-refractivity contribution >= 4 is 11.8 Å². The van der Waals surface area contributed by atoms with Crippen LogP contribution in [0.25, 0.3) is 0 Å². The normalized spacial score (nSPS) is 18.3. The topological polar surface area (TPSA) is 81.3 Å². The first kappa shape index (κ1) is 16.5. The third-order valence-electron chi connectivity index (χ3n) is 4.12. The van der Waals surface area contributed by atoms with E-state index in [0.29, 0.717) is 26.1 Å². The predicted molar refractivity (Wildman–Crippen MR) is 83.1 cm³/mol. The van der Waals surface area contributed by atoms with Crippen LogP contribution < -0.4 is 5.32 Å².